The first-order valence-corrected chi connectivity index (χ1v) is 5.36. The molecule has 1 aromatic rings. The SMILES string of the molecule is C.C=N/C(N)=N\C(N)=NCC.Cc1ccc(O)cc1. The van der Waals surface area contributed by atoms with Crippen LogP contribution in [-0.2, 0) is 0 Å². The van der Waals surface area contributed by atoms with Crippen molar-refractivity contribution in [3.63, 3.8) is 0 Å². The first-order valence-electron chi connectivity index (χ1n) is 5.36. The van der Waals surface area contributed by atoms with Gasteiger partial charge in [0.1, 0.15) is 5.75 Å². The fourth-order valence-corrected chi connectivity index (χ4v) is 0.895. The molecule has 0 bridgehead atoms. The quantitative estimate of drug-likeness (QED) is 0.530. The summed E-state index contributed by atoms with van der Waals surface area (Å²) in [7, 11) is 0. The molecule has 106 valence electrons. The van der Waals surface area contributed by atoms with Gasteiger partial charge in [-0.1, -0.05) is 25.1 Å². The second-order valence-electron chi connectivity index (χ2n) is 3.30. The Bertz CT molecular complexity index is 402. The molecule has 0 aliphatic heterocycles. The number of hydrogen-bond donors (Lipinski definition) is 3. The number of aryl methyl sites for hydroxylation is 1. The monoisotopic (exact) mass is 265 g/mol. The average molecular weight is 265 g/mol. The van der Waals surface area contributed by atoms with Crippen molar-refractivity contribution in [2.24, 2.45) is 26.4 Å². The van der Waals surface area contributed by atoms with E-state index in [-0.39, 0.29) is 19.3 Å². The number of guanidine groups is 2. The highest BCUT2D eigenvalue weighted by atomic mass is 16.3. The number of aliphatic imine (C=N–C) groups is 3. The first-order chi connectivity index (χ1) is 8.49. The van der Waals surface area contributed by atoms with Crippen LogP contribution in [0.5, 0.6) is 5.75 Å². The van der Waals surface area contributed by atoms with Gasteiger partial charge in [0.25, 0.3) is 0 Å². The van der Waals surface area contributed by atoms with Gasteiger partial charge in [-0.25, -0.2) is 4.99 Å². The third-order valence-electron chi connectivity index (χ3n) is 1.75. The number of aromatic hydroxyl groups is 1. The van der Waals surface area contributed by atoms with Crippen LogP contribution in [0.3, 0.4) is 0 Å². The van der Waals surface area contributed by atoms with Gasteiger partial charge < -0.3 is 16.6 Å². The molecule has 1 rings (SSSR count). The molecule has 0 heterocycles. The number of nitrogens with zero attached hydrogens (tertiary/aromatic N) is 3. The molecule has 0 aromatic heterocycles. The first kappa shape index (κ1) is 19.0. The lowest BCUT2D eigenvalue weighted by molar-refractivity contribution is 0.475. The summed E-state index contributed by atoms with van der Waals surface area (Å²) >= 11 is 0. The maximum atomic E-state index is 8.76. The van der Waals surface area contributed by atoms with Crippen LogP contribution in [0, 0.1) is 6.92 Å². The molecule has 0 amide bonds. The molecule has 6 heteroatoms. The van der Waals surface area contributed by atoms with Crippen molar-refractivity contribution in [1.29, 1.82) is 0 Å². The summed E-state index contributed by atoms with van der Waals surface area (Å²) in [6.07, 6.45) is 0. The summed E-state index contributed by atoms with van der Waals surface area (Å²) in [5.74, 6) is 0.498. The topological polar surface area (TPSA) is 109 Å². The molecule has 0 fully saturated rings. The minimum Gasteiger partial charge on any atom is -0.508 e. The maximum absolute atomic E-state index is 8.76. The van der Waals surface area contributed by atoms with Crippen LogP contribution in [0.25, 0.3) is 0 Å². The van der Waals surface area contributed by atoms with Crippen molar-refractivity contribution in [3.05, 3.63) is 29.8 Å². The van der Waals surface area contributed by atoms with Crippen LogP contribution in [0.4, 0.5) is 0 Å². The smallest absolute Gasteiger partial charge is 0.222 e. The highest BCUT2D eigenvalue weighted by Crippen LogP contribution is 2.07. The van der Waals surface area contributed by atoms with Crippen molar-refractivity contribution in [1.82, 2.24) is 0 Å². The summed E-state index contributed by atoms with van der Waals surface area (Å²) in [6.45, 7) is 7.57. The summed E-state index contributed by atoms with van der Waals surface area (Å²) in [6, 6.07) is 7.09. The molecule has 6 nitrogen and oxygen atoms in total. The van der Waals surface area contributed by atoms with Crippen LogP contribution >= 0.6 is 0 Å². The Morgan fingerprint density at radius 2 is 1.74 bits per heavy atom. The Labute approximate surface area is 114 Å². The second-order valence-corrected chi connectivity index (χ2v) is 3.30. The van der Waals surface area contributed by atoms with E-state index >= 15 is 0 Å². The van der Waals surface area contributed by atoms with Gasteiger partial charge in [-0.05, 0) is 32.7 Å². The molecule has 0 saturated carbocycles. The number of rotatable bonds is 1. The van der Waals surface area contributed by atoms with Crippen molar-refractivity contribution in [2.75, 3.05) is 6.54 Å². The van der Waals surface area contributed by atoms with E-state index in [1.54, 1.807) is 12.1 Å². The van der Waals surface area contributed by atoms with Gasteiger partial charge in [-0.2, -0.15) is 4.99 Å². The van der Waals surface area contributed by atoms with Gasteiger partial charge in [0.15, 0.2) is 0 Å². The normalized spacial score (nSPS) is 10.8. The van der Waals surface area contributed by atoms with Crippen molar-refractivity contribution in [2.45, 2.75) is 21.3 Å². The second kappa shape index (κ2) is 10.8. The molecule has 19 heavy (non-hydrogen) atoms. The molecule has 0 saturated heterocycles. The fourth-order valence-electron chi connectivity index (χ4n) is 0.895. The van der Waals surface area contributed by atoms with Crippen LogP contribution < -0.4 is 11.5 Å². The Hall–Kier alpha value is -2.37. The predicted molar refractivity (Wildman–Crippen MR) is 82.9 cm³/mol. The minimum atomic E-state index is 0. The lowest BCUT2D eigenvalue weighted by Crippen LogP contribution is -2.16. The lowest BCUT2D eigenvalue weighted by atomic mass is 10.2. The summed E-state index contributed by atoms with van der Waals surface area (Å²) in [4.78, 5) is 10.7. The molecular formula is C13H23N5O. The van der Waals surface area contributed by atoms with Crippen LogP contribution in [0.1, 0.15) is 19.9 Å². The van der Waals surface area contributed by atoms with Crippen molar-refractivity contribution >= 4 is 18.6 Å². The number of benzene rings is 1. The zero-order chi connectivity index (χ0) is 14.0. The molecule has 0 aliphatic carbocycles. The van der Waals surface area contributed by atoms with Gasteiger partial charge >= 0.3 is 0 Å². The van der Waals surface area contributed by atoms with E-state index in [4.69, 9.17) is 16.6 Å². The Morgan fingerprint density at radius 1 is 1.21 bits per heavy atom. The Morgan fingerprint density at radius 3 is 2.11 bits per heavy atom. The molecule has 5 N–H and O–H groups in total. The lowest BCUT2D eigenvalue weighted by Gasteiger charge is -1.90. The van der Waals surface area contributed by atoms with E-state index in [2.05, 4.69) is 21.7 Å². The summed E-state index contributed by atoms with van der Waals surface area (Å²) in [5.41, 5.74) is 11.6. The molecule has 0 unspecified atom stereocenters. The van der Waals surface area contributed by atoms with Gasteiger partial charge in [0.05, 0.1) is 0 Å². The van der Waals surface area contributed by atoms with E-state index in [9.17, 15) is 0 Å². The zero-order valence-electron chi connectivity index (χ0n) is 10.7. The molecule has 0 aliphatic rings. The number of nitrogens with two attached hydrogens (primary N) is 2. The third-order valence-corrected chi connectivity index (χ3v) is 1.75. The predicted octanol–water partition coefficient (Wildman–Crippen LogP) is 1.67. The molecule has 1 aromatic carbocycles. The van der Waals surface area contributed by atoms with Crippen molar-refractivity contribution < 1.29 is 5.11 Å². The van der Waals surface area contributed by atoms with Gasteiger partial charge in [-0.3, -0.25) is 4.99 Å². The van der Waals surface area contributed by atoms with E-state index in [1.165, 1.54) is 5.56 Å². The van der Waals surface area contributed by atoms with Crippen LogP contribution in [0.2, 0.25) is 0 Å². The van der Waals surface area contributed by atoms with E-state index in [0.717, 1.165) is 0 Å². The standard InChI is InChI=1S/C7H8O.C5H11N5.CH4/c1-6-2-4-7(8)5-3-6;1-3-9-5(7)10-4(6)8-2;/h2-5,8H,1H3;2-3H2,1H3,(H4,6,7,9,10);1H4. The maximum Gasteiger partial charge on any atom is 0.222 e. The van der Waals surface area contributed by atoms with Gasteiger partial charge in [0.2, 0.25) is 11.9 Å². The highest BCUT2D eigenvalue weighted by molar-refractivity contribution is 5.94. The highest BCUT2D eigenvalue weighted by Gasteiger charge is 1.86. The number of phenolic OH excluding ortho intramolecular Hbond substituents is 1. The van der Waals surface area contributed by atoms with E-state index in [1.807, 2.05) is 26.0 Å². The van der Waals surface area contributed by atoms with Crippen molar-refractivity contribution in [3.8, 4) is 5.75 Å². The van der Waals surface area contributed by atoms with Gasteiger partial charge in [0, 0.05) is 6.54 Å². The zero-order valence-corrected chi connectivity index (χ0v) is 10.7. The summed E-state index contributed by atoms with van der Waals surface area (Å²) < 4.78 is 0. The van der Waals surface area contributed by atoms with E-state index in [0.29, 0.717) is 12.3 Å². The largest absolute Gasteiger partial charge is 0.508 e. The Balaban J connectivity index is 0. The van der Waals surface area contributed by atoms with Crippen LogP contribution in [0.15, 0.2) is 39.2 Å². The van der Waals surface area contributed by atoms with Crippen LogP contribution in [-0.4, -0.2) is 30.3 Å². The molecular weight excluding hydrogens is 242 g/mol. The number of hydrogen-bond acceptors (Lipinski definition) is 2. The fraction of sp³-hybridized carbons (Fsp3) is 0.308. The van der Waals surface area contributed by atoms with E-state index < -0.39 is 0 Å². The minimum absolute atomic E-state index is 0. The molecule has 0 radical (unpaired) electrons. The Kier molecular flexibility index (Phi) is 10.8. The summed E-state index contributed by atoms with van der Waals surface area (Å²) in [5, 5.41) is 8.76. The van der Waals surface area contributed by atoms with Gasteiger partial charge in [-0.15, -0.1) is 0 Å². The number of phenols is 1. The molecule has 0 spiro atoms. The third kappa shape index (κ3) is 10.5. The average Bonchev–Trinajstić information content (AvgIpc) is 2.34. The molecule has 0 atom stereocenters.